The zero-order chi connectivity index (χ0) is 14.8. The van der Waals surface area contributed by atoms with E-state index in [0.717, 1.165) is 6.42 Å². The highest BCUT2D eigenvalue weighted by Gasteiger charge is 2.31. The van der Waals surface area contributed by atoms with Crippen LogP contribution in [-0.4, -0.2) is 23.3 Å². The van der Waals surface area contributed by atoms with Gasteiger partial charge in [-0.15, -0.1) is 0 Å². The van der Waals surface area contributed by atoms with Gasteiger partial charge in [0.1, 0.15) is 0 Å². The summed E-state index contributed by atoms with van der Waals surface area (Å²) < 4.78 is 0. The summed E-state index contributed by atoms with van der Waals surface area (Å²) >= 11 is 0. The average molecular weight is 275 g/mol. The molecule has 0 amide bonds. The number of hydrogen-bond acceptors (Lipinski definition) is 2. The Morgan fingerprint density at radius 3 is 2.40 bits per heavy atom. The van der Waals surface area contributed by atoms with Crippen molar-refractivity contribution in [3.05, 3.63) is 35.4 Å². The van der Waals surface area contributed by atoms with Gasteiger partial charge in [-0.1, -0.05) is 43.7 Å². The molecule has 2 rings (SSSR count). The molecule has 2 N–H and O–H groups in total. The molecule has 1 saturated carbocycles. The van der Waals surface area contributed by atoms with E-state index in [4.69, 9.17) is 0 Å². The van der Waals surface area contributed by atoms with Crippen LogP contribution in [0.15, 0.2) is 24.3 Å². The van der Waals surface area contributed by atoms with Crippen molar-refractivity contribution in [2.45, 2.75) is 64.5 Å². The van der Waals surface area contributed by atoms with Gasteiger partial charge in [0.25, 0.3) is 0 Å². The zero-order valence-electron chi connectivity index (χ0n) is 13.3. The van der Waals surface area contributed by atoms with Crippen molar-refractivity contribution >= 4 is 0 Å². The molecule has 2 nitrogen and oxygen atoms in total. The van der Waals surface area contributed by atoms with E-state index in [0.29, 0.717) is 24.4 Å². The topological polar surface area (TPSA) is 32.3 Å². The van der Waals surface area contributed by atoms with E-state index in [1.165, 1.54) is 24.0 Å². The van der Waals surface area contributed by atoms with Crippen molar-refractivity contribution in [1.29, 1.82) is 0 Å². The van der Waals surface area contributed by atoms with Gasteiger partial charge in [0.2, 0.25) is 0 Å². The van der Waals surface area contributed by atoms with E-state index in [2.05, 4.69) is 50.4 Å². The first-order valence-electron chi connectivity index (χ1n) is 7.88. The van der Waals surface area contributed by atoms with Crippen molar-refractivity contribution in [2.24, 2.45) is 5.92 Å². The molecule has 1 aliphatic rings. The highest BCUT2D eigenvalue weighted by Crippen LogP contribution is 2.37. The minimum Gasteiger partial charge on any atom is -0.389 e. The summed E-state index contributed by atoms with van der Waals surface area (Å²) in [6.45, 7) is 9.09. The maximum absolute atomic E-state index is 10.3. The molecule has 1 unspecified atom stereocenters. The summed E-state index contributed by atoms with van der Waals surface area (Å²) in [6.07, 6.45) is 3.25. The van der Waals surface area contributed by atoms with Crippen molar-refractivity contribution in [3.63, 3.8) is 0 Å². The van der Waals surface area contributed by atoms with E-state index >= 15 is 0 Å². The van der Waals surface area contributed by atoms with Gasteiger partial charge in [-0.2, -0.15) is 0 Å². The summed E-state index contributed by atoms with van der Waals surface area (Å²) in [5.74, 6) is 1.23. The lowest BCUT2D eigenvalue weighted by Crippen LogP contribution is -2.47. The quantitative estimate of drug-likeness (QED) is 0.831. The van der Waals surface area contributed by atoms with E-state index in [1.807, 2.05) is 6.92 Å². The van der Waals surface area contributed by atoms with Crippen molar-refractivity contribution in [1.82, 2.24) is 5.32 Å². The molecule has 1 fully saturated rings. The van der Waals surface area contributed by atoms with Crippen LogP contribution in [0.25, 0.3) is 0 Å². The monoisotopic (exact) mass is 275 g/mol. The second-order valence-corrected chi connectivity index (χ2v) is 7.25. The van der Waals surface area contributed by atoms with Crippen LogP contribution in [0.4, 0.5) is 0 Å². The molecule has 0 heterocycles. The van der Waals surface area contributed by atoms with Gasteiger partial charge in [0.05, 0.1) is 5.60 Å². The fraction of sp³-hybridized carbons (Fsp3) is 0.667. The summed E-state index contributed by atoms with van der Waals surface area (Å²) in [4.78, 5) is 0. The molecular weight excluding hydrogens is 246 g/mol. The standard InChI is InChI=1S/C18H29NO/c1-13(2)11-18(4,20)12-19-17-9-16(10-17)15-7-5-14(3)6-8-15/h5-8,13,16-17,19-20H,9-12H2,1-4H3. The van der Waals surface area contributed by atoms with Gasteiger partial charge < -0.3 is 10.4 Å². The maximum atomic E-state index is 10.3. The van der Waals surface area contributed by atoms with Gasteiger partial charge in [-0.05, 0) is 50.5 Å². The molecule has 1 atom stereocenters. The fourth-order valence-electron chi connectivity index (χ4n) is 3.21. The van der Waals surface area contributed by atoms with Gasteiger partial charge in [-0.25, -0.2) is 0 Å². The van der Waals surface area contributed by atoms with Gasteiger partial charge >= 0.3 is 0 Å². The van der Waals surface area contributed by atoms with Gasteiger partial charge in [0.15, 0.2) is 0 Å². The summed E-state index contributed by atoms with van der Waals surface area (Å²) in [5.41, 5.74) is 2.21. The summed E-state index contributed by atoms with van der Waals surface area (Å²) in [5, 5.41) is 13.8. The van der Waals surface area contributed by atoms with Crippen LogP contribution in [-0.2, 0) is 0 Å². The van der Waals surface area contributed by atoms with Crippen molar-refractivity contribution in [3.8, 4) is 0 Å². The van der Waals surface area contributed by atoms with Crippen molar-refractivity contribution in [2.75, 3.05) is 6.54 Å². The van der Waals surface area contributed by atoms with Gasteiger partial charge in [-0.3, -0.25) is 0 Å². The molecule has 20 heavy (non-hydrogen) atoms. The highest BCUT2D eigenvalue weighted by molar-refractivity contribution is 5.26. The van der Waals surface area contributed by atoms with Gasteiger partial charge in [0, 0.05) is 12.6 Å². The molecule has 112 valence electrons. The molecule has 0 bridgehead atoms. The lowest BCUT2D eigenvalue weighted by atomic mass is 9.75. The summed E-state index contributed by atoms with van der Waals surface area (Å²) in [6, 6.07) is 9.48. The van der Waals surface area contributed by atoms with E-state index < -0.39 is 5.60 Å². The van der Waals surface area contributed by atoms with Crippen LogP contribution >= 0.6 is 0 Å². The SMILES string of the molecule is Cc1ccc(C2CC(NCC(C)(O)CC(C)C)C2)cc1. The predicted octanol–water partition coefficient (Wildman–Crippen LogP) is 3.63. The number of aryl methyl sites for hydroxylation is 1. The molecular formula is C18H29NO. The Hall–Kier alpha value is -0.860. The number of rotatable bonds is 6. The third-order valence-corrected chi connectivity index (χ3v) is 4.31. The molecule has 0 saturated heterocycles. The van der Waals surface area contributed by atoms with Crippen LogP contribution < -0.4 is 5.32 Å². The molecule has 0 spiro atoms. The first-order chi connectivity index (χ1) is 9.35. The molecule has 0 aliphatic heterocycles. The minimum atomic E-state index is -0.580. The molecule has 1 aromatic rings. The molecule has 1 aromatic carbocycles. The third kappa shape index (κ3) is 4.32. The molecule has 2 heteroatoms. The second-order valence-electron chi connectivity index (χ2n) is 7.25. The van der Waals surface area contributed by atoms with Crippen LogP contribution in [0.5, 0.6) is 0 Å². The Bertz CT molecular complexity index is 416. The predicted molar refractivity (Wildman–Crippen MR) is 85.0 cm³/mol. The molecule has 1 aliphatic carbocycles. The third-order valence-electron chi connectivity index (χ3n) is 4.31. The lowest BCUT2D eigenvalue weighted by molar-refractivity contribution is 0.0320. The van der Waals surface area contributed by atoms with E-state index in [9.17, 15) is 5.11 Å². The molecule has 0 aromatic heterocycles. The highest BCUT2D eigenvalue weighted by atomic mass is 16.3. The molecule has 0 radical (unpaired) electrons. The number of nitrogens with one attached hydrogen (secondary N) is 1. The zero-order valence-corrected chi connectivity index (χ0v) is 13.3. The first kappa shape index (κ1) is 15.5. The Kier molecular flexibility index (Phi) is 4.87. The van der Waals surface area contributed by atoms with Crippen LogP contribution in [0.3, 0.4) is 0 Å². The first-order valence-corrected chi connectivity index (χ1v) is 7.88. The average Bonchev–Trinajstić information content (AvgIpc) is 2.27. The smallest absolute Gasteiger partial charge is 0.0746 e. The fourth-order valence-corrected chi connectivity index (χ4v) is 3.21. The number of aliphatic hydroxyl groups is 1. The lowest BCUT2D eigenvalue weighted by Gasteiger charge is -2.38. The van der Waals surface area contributed by atoms with E-state index in [1.54, 1.807) is 0 Å². The Morgan fingerprint density at radius 2 is 1.85 bits per heavy atom. The maximum Gasteiger partial charge on any atom is 0.0746 e. The Labute approximate surface area is 123 Å². The van der Waals surface area contributed by atoms with Crippen molar-refractivity contribution < 1.29 is 5.11 Å². The Morgan fingerprint density at radius 1 is 1.25 bits per heavy atom. The second kappa shape index (κ2) is 6.28. The van der Waals surface area contributed by atoms with Crippen LogP contribution in [0, 0.1) is 12.8 Å². The van der Waals surface area contributed by atoms with Crippen LogP contribution in [0.1, 0.15) is 57.1 Å². The van der Waals surface area contributed by atoms with Crippen LogP contribution in [0.2, 0.25) is 0 Å². The van der Waals surface area contributed by atoms with E-state index in [-0.39, 0.29) is 0 Å². The summed E-state index contributed by atoms with van der Waals surface area (Å²) in [7, 11) is 0. The number of benzene rings is 1. The largest absolute Gasteiger partial charge is 0.389 e. The Balaban J connectivity index is 1.73. The number of hydrogen-bond donors (Lipinski definition) is 2. The minimum absolute atomic E-state index is 0.536. The normalized spacial score (nSPS) is 25.3.